The molecule has 0 aromatic heterocycles. The van der Waals surface area contributed by atoms with Gasteiger partial charge in [0.2, 0.25) is 5.91 Å². The minimum atomic E-state index is -0.0713. The monoisotopic (exact) mass is 334 g/mol. The Morgan fingerprint density at radius 1 is 1.00 bits per heavy atom. The van der Waals surface area contributed by atoms with Crippen LogP contribution in [0.3, 0.4) is 0 Å². The first-order valence-electron chi connectivity index (χ1n) is 8.44. The molecule has 1 aliphatic rings. The molecule has 0 aliphatic carbocycles. The van der Waals surface area contributed by atoms with Gasteiger partial charge in [0.1, 0.15) is 0 Å². The topological polar surface area (TPSA) is 59.1 Å². The summed E-state index contributed by atoms with van der Waals surface area (Å²) in [6.45, 7) is 8.47. The third-order valence-corrected chi connectivity index (χ3v) is 3.94. The van der Waals surface area contributed by atoms with Crippen LogP contribution in [0, 0.1) is 5.92 Å². The van der Waals surface area contributed by atoms with Gasteiger partial charge in [-0.05, 0) is 19.1 Å². The molecule has 1 aromatic carbocycles. The van der Waals surface area contributed by atoms with Gasteiger partial charge in [-0.1, -0.05) is 26.0 Å². The zero-order valence-corrected chi connectivity index (χ0v) is 14.7. The molecule has 0 unspecified atom stereocenters. The van der Waals surface area contributed by atoms with Crippen molar-refractivity contribution < 1.29 is 19.1 Å². The summed E-state index contributed by atoms with van der Waals surface area (Å²) >= 11 is 0. The van der Waals surface area contributed by atoms with E-state index < -0.39 is 0 Å². The van der Waals surface area contributed by atoms with Gasteiger partial charge in [0.15, 0.2) is 18.1 Å². The number of rotatable bonds is 6. The third-order valence-electron chi connectivity index (χ3n) is 3.94. The zero-order valence-electron chi connectivity index (χ0n) is 14.7. The maximum Gasteiger partial charge on any atom is 0.260 e. The van der Waals surface area contributed by atoms with Gasteiger partial charge in [-0.2, -0.15) is 0 Å². The van der Waals surface area contributed by atoms with Crippen LogP contribution in [-0.4, -0.2) is 61.0 Å². The standard InChI is InChI=1S/C18H26N2O4/c1-4-23-15-7-5-6-8-16(15)24-13-17(21)19-9-11-20(12-10-19)18(22)14(2)3/h5-8,14H,4,9-13H2,1-3H3. The van der Waals surface area contributed by atoms with Crippen LogP contribution in [0.4, 0.5) is 0 Å². The number of nitrogens with zero attached hydrogens (tertiary/aromatic N) is 2. The van der Waals surface area contributed by atoms with E-state index in [1.165, 1.54) is 0 Å². The van der Waals surface area contributed by atoms with Crippen molar-refractivity contribution in [2.45, 2.75) is 20.8 Å². The van der Waals surface area contributed by atoms with Crippen LogP contribution in [0.5, 0.6) is 11.5 Å². The molecule has 1 saturated heterocycles. The van der Waals surface area contributed by atoms with E-state index in [0.29, 0.717) is 44.3 Å². The van der Waals surface area contributed by atoms with Gasteiger partial charge in [0, 0.05) is 32.1 Å². The number of carbonyl (C=O) groups is 2. The van der Waals surface area contributed by atoms with Gasteiger partial charge in [0.25, 0.3) is 5.91 Å². The first-order chi connectivity index (χ1) is 11.5. The lowest BCUT2D eigenvalue weighted by Gasteiger charge is -2.35. The van der Waals surface area contributed by atoms with E-state index in [-0.39, 0.29) is 24.3 Å². The Bertz CT molecular complexity index is 566. The van der Waals surface area contributed by atoms with Crippen molar-refractivity contribution in [1.29, 1.82) is 0 Å². The predicted molar refractivity (Wildman–Crippen MR) is 91.1 cm³/mol. The van der Waals surface area contributed by atoms with E-state index in [1.807, 2.05) is 43.9 Å². The minimum absolute atomic E-state index is 0.00866. The molecule has 0 atom stereocenters. The Morgan fingerprint density at radius 3 is 2.08 bits per heavy atom. The lowest BCUT2D eigenvalue weighted by Crippen LogP contribution is -2.52. The minimum Gasteiger partial charge on any atom is -0.490 e. The Balaban J connectivity index is 1.83. The summed E-state index contributed by atoms with van der Waals surface area (Å²) in [6, 6.07) is 7.32. The number of hydrogen-bond acceptors (Lipinski definition) is 4. The number of carbonyl (C=O) groups excluding carboxylic acids is 2. The number of piperazine rings is 1. The van der Waals surface area contributed by atoms with Crippen LogP contribution < -0.4 is 9.47 Å². The fraction of sp³-hybridized carbons (Fsp3) is 0.556. The quantitative estimate of drug-likeness (QED) is 0.796. The van der Waals surface area contributed by atoms with Crippen LogP contribution in [0.25, 0.3) is 0 Å². The van der Waals surface area contributed by atoms with Crippen LogP contribution in [-0.2, 0) is 9.59 Å². The van der Waals surface area contributed by atoms with E-state index in [1.54, 1.807) is 11.0 Å². The lowest BCUT2D eigenvalue weighted by atomic mass is 10.1. The molecular formula is C18H26N2O4. The second-order valence-corrected chi connectivity index (χ2v) is 6.03. The molecule has 1 heterocycles. The molecule has 0 bridgehead atoms. The lowest BCUT2D eigenvalue weighted by molar-refractivity contribution is -0.142. The van der Waals surface area contributed by atoms with Crippen molar-refractivity contribution in [3.05, 3.63) is 24.3 Å². The molecule has 0 radical (unpaired) electrons. The Kier molecular flexibility index (Phi) is 6.46. The van der Waals surface area contributed by atoms with Crippen molar-refractivity contribution in [3.63, 3.8) is 0 Å². The SMILES string of the molecule is CCOc1ccccc1OCC(=O)N1CCN(C(=O)C(C)C)CC1. The van der Waals surface area contributed by atoms with E-state index in [4.69, 9.17) is 9.47 Å². The highest BCUT2D eigenvalue weighted by molar-refractivity contribution is 5.80. The fourth-order valence-corrected chi connectivity index (χ4v) is 2.62. The number of ether oxygens (including phenoxy) is 2. The summed E-state index contributed by atoms with van der Waals surface area (Å²) in [4.78, 5) is 27.8. The second-order valence-electron chi connectivity index (χ2n) is 6.03. The summed E-state index contributed by atoms with van der Waals surface area (Å²) in [5, 5.41) is 0. The van der Waals surface area contributed by atoms with Gasteiger partial charge in [-0.15, -0.1) is 0 Å². The van der Waals surface area contributed by atoms with Crippen LogP contribution in [0.15, 0.2) is 24.3 Å². The molecule has 6 nitrogen and oxygen atoms in total. The number of para-hydroxylation sites is 2. The molecule has 24 heavy (non-hydrogen) atoms. The van der Waals surface area contributed by atoms with Crippen LogP contribution in [0.2, 0.25) is 0 Å². The summed E-state index contributed by atoms with van der Waals surface area (Å²) in [6.07, 6.45) is 0. The molecule has 2 amide bonds. The fourth-order valence-electron chi connectivity index (χ4n) is 2.62. The van der Waals surface area contributed by atoms with Crippen LogP contribution in [0.1, 0.15) is 20.8 Å². The summed E-state index contributed by atoms with van der Waals surface area (Å²) in [5.41, 5.74) is 0. The van der Waals surface area contributed by atoms with Gasteiger partial charge in [0.05, 0.1) is 6.61 Å². The van der Waals surface area contributed by atoms with E-state index in [2.05, 4.69) is 0 Å². The molecule has 1 aromatic rings. The zero-order chi connectivity index (χ0) is 17.5. The molecule has 132 valence electrons. The summed E-state index contributed by atoms with van der Waals surface area (Å²) in [5.74, 6) is 1.27. The summed E-state index contributed by atoms with van der Waals surface area (Å²) in [7, 11) is 0. The molecule has 6 heteroatoms. The van der Waals surface area contributed by atoms with E-state index in [9.17, 15) is 9.59 Å². The molecular weight excluding hydrogens is 308 g/mol. The predicted octanol–water partition coefficient (Wildman–Crippen LogP) is 1.79. The average Bonchev–Trinajstić information content (AvgIpc) is 2.60. The molecule has 0 N–H and O–H groups in total. The highest BCUT2D eigenvalue weighted by Crippen LogP contribution is 2.26. The smallest absolute Gasteiger partial charge is 0.260 e. The van der Waals surface area contributed by atoms with Gasteiger partial charge < -0.3 is 19.3 Å². The molecule has 0 saturated carbocycles. The molecule has 1 aliphatic heterocycles. The average molecular weight is 334 g/mol. The highest BCUT2D eigenvalue weighted by Gasteiger charge is 2.25. The van der Waals surface area contributed by atoms with Crippen molar-refractivity contribution >= 4 is 11.8 Å². The number of amides is 2. The molecule has 0 spiro atoms. The largest absolute Gasteiger partial charge is 0.490 e. The third kappa shape index (κ3) is 4.63. The molecule has 2 rings (SSSR count). The first kappa shape index (κ1) is 18.1. The second kappa shape index (κ2) is 8.57. The summed E-state index contributed by atoms with van der Waals surface area (Å²) < 4.78 is 11.1. The number of hydrogen-bond donors (Lipinski definition) is 0. The maximum atomic E-state index is 12.3. The molecule has 1 fully saturated rings. The van der Waals surface area contributed by atoms with Gasteiger partial charge in [-0.25, -0.2) is 0 Å². The van der Waals surface area contributed by atoms with Crippen molar-refractivity contribution in [1.82, 2.24) is 9.80 Å². The number of benzene rings is 1. The first-order valence-corrected chi connectivity index (χ1v) is 8.44. The van der Waals surface area contributed by atoms with Crippen molar-refractivity contribution in [2.75, 3.05) is 39.4 Å². The maximum absolute atomic E-state index is 12.3. The Morgan fingerprint density at radius 2 is 1.54 bits per heavy atom. The van der Waals surface area contributed by atoms with E-state index >= 15 is 0 Å². The van der Waals surface area contributed by atoms with Gasteiger partial charge >= 0.3 is 0 Å². The Hall–Kier alpha value is -2.24. The van der Waals surface area contributed by atoms with Crippen molar-refractivity contribution in [3.8, 4) is 11.5 Å². The Labute approximate surface area is 143 Å². The van der Waals surface area contributed by atoms with Crippen molar-refractivity contribution in [2.24, 2.45) is 5.92 Å². The normalized spacial score (nSPS) is 14.7. The van der Waals surface area contributed by atoms with Gasteiger partial charge in [-0.3, -0.25) is 9.59 Å². The highest BCUT2D eigenvalue weighted by atomic mass is 16.5. The van der Waals surface area contributed by atoms with E-state index in [0.717, 1.165) is 0 Å². The van der Waals surface area contributed by atoms with Crippen LogP contribution >= 0.6 is 0 Å².